The normalized spacial score (nSPS) is 18.1. The van der Waals surface area contributed by atoms with E-state index < -0.39 is 0 Å². The average Bonchev–Trinajstić information content (AvgIpc) is 2.43. The van der Waals surface area contributed by atoms with Crippen LogP contribution in [0, 0.1) is 13.8 Å². The van der Waals surface area contributed by atoms with Crippen molar-refractivity contribution in [2.24, 2.45) is 0 Å². The minimum Gasteiger partial charge on any atom is -0.310 e. The van der Waals surface area contributed by atoms with E-state index >= 15 is 0 Å². The number of nitrogens with zero attached hydrogens (tertiary/aromatic N) is 1. The number of hydrogen-bond acceptors (Lipinski definition) is 2. The summed E-state index contributed by atoms with van der Waals surface area (Å²) in [5.41, 5.74) is 4.14. The highest BCUT2D eigenvalue weighted by molar-refractivity contribution is 5.30. The van der Waals surface area contributed by atoms with E-state index in [0.717, 1.165) is 6.54 Å². The Morgan fingerprint density at radius 2 is 1.70 bits per heavy atom. The van der Waals surface area contributed by atoms with E-state index in [1.165, 1.54) is 62.0 Å². The summed E-state index contributed by atoms with van der Waals surface area (Å²) in [4.78, 5) is 2.62. The van der Waals surface area contributed by atoms with E-state index in [1.54, 1.807) is 0 Å². The van der Waals surface area contributed by atoms with Gasteiger partial charge in [-0.15, -0.1) is 0 Å². The summed E-state index contributed by atoms with van der Waals surface area (Å²) in [6.07, 6.45) is 5.48. The van der Waals surface area contributed by atoms with Gasteiger partial charge in [0.25, 0.3) is 0 Å². The SMILES string of the molecule is Cc1cc(C)cc(C(C)NCCCN2CCCCC2)c1. The number of benzene rings is 1. The van der Waals surface area contributed by atoms with Gasteiger partial charge in [-0.3, -0.25) is 0 Å². The minimum atomic E-state index is 0.454. The first kappa shape index (κ1) is 15.5. The summed E-state index contributed by atoms with van der Waals surface area (Å²) in [5.74, 6) is 0. The van der Waals surface area contributed by atoms with Crippen molar-refractivity contribution >= 4 is 0 Å². The first-order valence-electron chi connectivity index (χ1n) is 8.19. The van der Waals surface area contributed by atoms with Crippen molar-refractivity contribution in [1.82, 2.24) is 10.2 Å². The maximum atomic E-state index is 3.67. The summed E-state index contributed by atoms with van der Waals surface area (Å²) < 4.78 is 0. The van der Waals surface area contributed by atoms with Gasteiger partial charge in [-0.1, -0.05) is 35.7 Å². The van der Waals surface area contributed by atoms with Crippen LogP contribution in [0.2, 0.25) is 0 Å². The number of rotatable bonds is 6. The molecule has 1 unspecified atom stereocenters. The van der Waals surface area contributed by atoms with Gasteiger partial charge in [-0.25, -0.2) is 0 Å². The Hall–Kier alpha value is -0.860. The zero-order chi connectivity index (χ0) is 14.4. The first-order chi connectivity index (χ1) is 9.65. The Balaban J connectivity index is 1.70. The van der Waals surface area contributed by atoms with Crippen LogP contribution < -0.4 is 5.32 Å². The smallest absolute Gasteiger partial charge is 0.0291 e. The molecule has 2 heteroatoms. The number of hydrogen-bond donors (Lipinski definition) is 1. The predicted molar refractivity (Wildman–Crippen MR) is 87.2 cm³/mol. The molecule has 0 aromatic heterocycles. The lowest BCUT2D eigenvalue weighted by Crippen LogP contribution is -2.32. The Kier molecular flexibility index (Phi) is 6.06. The van der Waals surface area contributed by atoms with E-state index in [2.05, 4.69) is 49.2 Å². The van der Waals surface area contributed by atoms with Crippen LogP contribution in [0.4, 0.5) is 0 Å². The molecule has 1 aliphatic heterocycles. The first-order valence-corrected chi connectivity index (χ1v) is 8.19. The molecule has 0 aliphatic carbocycles. The van der Waals surface area contributed by atoms with E-state index in [1.807, 2.05) is 0 Å². The van der Waals surface area contributed by atoms with Gasteiger partial charge in [0.15, 0.2) is 0 Å². The maximum Gasteiger partial charge on any atom is 0.0291 e. The third-order valence-corrected chi connectivity index (χ3v) is 4.29. The minimum absolute atomic E-state index is 0.454. The number of nitrogens with one attached hydrogen (secondary N) is 1. The quantitative estimate of drug-likeness (QED) is 0.793. The molecule has 112 valence electrons. The van der Waals surface area contributed by atoms with Gasteiger partial charge in [0.2, 0.25) is 0 Å². The van der Waals surface area contributed by atoms with Gasteiger partial charge in [0, 0.05) is 6.04 Å². The molecule has 20 heavy (non-hydrogen) atoms. The van der Waals surface area contributed by atoms with Crippen molar-refractivity contribution < 1.29 is 0 Å². The zero-order valence-corrected chi connectivity index (χ0v) is 13.4. The Bertz CT molecular complexity index is 388. The van der Waals surface area contributed by atoms with Crippen molar-refractivity contribution in [3.63, 3.8) is 0 Å². The molecule has 0 spiro atoms. The summed E-state index contributed by atoms with van der Waals surface area (Å²) in [7, 11) is 0. The molecular weight excluding hydrogens is 244 g/mol. The topological polar surface area (TPSA) is 15.3 Å². The van der Waals surface area contributed by atoms with Gasteiger partial charge >= 0.3 is 0 Å². The molecule has 2 nitrogen and oxygen atoms in total. The molecule has 1 aliphatic rings. The lowest BCUT2D eigenvalue weighted by atomic mass is 10.0. The average molecular weight is 274 g/mol. The molecule has 1 saturated heterocycles. The van der Waals surface area contributed by atoms with Gasteiger partial charge in [-0.05, 0) is 71.8 Å². The van der Waals surface area contributed by atoms with Crippen LogP contribution in [0.15, 0.2) is 18.2 Å². The second kappa shape index (κ2) is 7.80. The summed E-state index contributed by atoms with van der Waals surface area (Å²) >= 11 is 0. The Morgan fingerprint density at radius 3 is 2.35 bits per heavy atom. The van der Waals surface area contributed by atoms with Crippen molar-refractivity contribution in [2.75, 3.05) is 26.2 Å². The third-order valence-electron chi connectivity index (χ3n) is 4.29. The van der Waals surface area contributed by atoms with Gasteiger partial charge in [0.1, 0.15) is 0 Å². The van der Waals surface area contributed by atoms with E-state index in [9.17, 15) is 0 Å². The van der Waals surface area contributed by atoms with Crippen LogP contribution in [-0.4, -0.2) is 31.1 Å². The fourth-order valence-corrected chi connectivity index (χ4v) is 3.18. The predicted octanol–water partition coefficient (Wildman–Crippen LogP) is 3.83. The molecule has 0 amide bonds. The monoisotopic (exact) mass is 274 g/mol. The van der Waals surface area contributed by atoms with E-state index in [-0.39, 0.29) is 0 Å². The lowest BCUT2D eigenvalue weighted by Gasteiger charge is -2.26. The summed E-state index contributed by atoms with van der Waals surface area (Å²) in [6, 6.07) is 7.30. The van der Waals surface area contributed by atoms with Crippen molar-refractivity contribution in [1.29, 1.82) is 0 Å². The highest BCUT2D eigenvalue weighted by atomic mass is 15.1. The van der Waals surface area contributed by atoms with Crippen LogP contribution in [0.1, 0.15) is 55.3 Å². The largest absolute Gasteiger partial charge is 0.310 e. The van der Waals surface area contributed by atoms with Gasteiger partial charge in [-0.2, -0.15) is 0 Å². The van der Waals surface area contributed by atoms with Crippen molar-refractivity contribution in [3.8, 4) is 0 Å². The molecule has 1 heterocycles. The molecule has 0 saturated carbocycles. The van der Waals surface area contributed by atoms with Crippen LogP contribution in [0.25, 0.3) is 0 Å². The van der Waals surface area contributed by atoms with Crippen molar-refractivity contribution in [3.05, 3.63) is 34.9 Å². The molecule has 1 aromatic carbocycles. The molecule has 2 rings (SSSR count). The fraction of sp³-hybridized carbons (Fsp3) is 0.667. The molecule has 1 aromatic rings. The highest BCUT2D eigenvalue weighted by Gasteiger charge is 2.10. The van der Waals surface area contributed by atoms with E-state index in [4.69, 9.17) is 0 Å². The summed E-state index contributed by atoms with van der Waals surface area (Å²) in [5, 5.41) is 3.67. The second-order valence-electron chi connectivity index (χ2n) is 6.35. The molecule has 1 fully saturated rings. The van der Waals surface area contributed by atoms with E-state index in [0.29, 0.717) is 6.04 Å². The number of aryl methyl sites for hydroxylation is 2. The molecule has 1 atom stereocenters. The molecule has 1 N–H and O–H groups in total. The van der Waals surface area contributed by atoms with Gasteiger partial charge in [0.05, 0.1) is 0 Å². The maximum absolute atomic E-state index is 3.67. The van der Waals surface area contributed by atoms with Crippen LogP contribution in [-0.2, 0) is 0 Å². The molecule has 0 bridgehead atoms. The van der Waals surface area contributed by atoms with Crippen molar-refractivity contribution in [2.45, 2.75) is 52.5 Å². The van der Waals surface area contributed by atoms with Crippen LogP contribution in [0.3, 0.4) is 0 Å². The number of likely N-dealkylation sites (tertiary alicyclic amines) is 1. The van der Waals surface area contributed by atoms with Gasteiger partial charge < -0.3 is 10.2 Å². The molecule has 0 radical (unpaired) electrons. The Labute approximate surface area is 124 Å². The van der Waals surface area contributed by atoms with Crippen LogP contribution in [0.5, 0.6) is 0 Å². The molecular formula is C18H30N2. The zero-order valence-electron chi connectivity index (χ0n) is 13.4. The summed E-state index contributed by atoms with van der Waals surface area (Å²) in [6.45, 7) is 11.6. The van der Waals surface area contributed by atoms with Crippen LogP contribution >= 0.6 is 0 Å². The standard InChI is InChI=1S/C18H30N2/c1-15-12-16(2)14-18(13-15)17(3)19-8-7-11-20-9-5-4-6-10-20/h12-14,17,19H,4-11H2,1-3H3. The highest BCUT2D eigenvalue weighted by Crippen LogP contribution is 2.16. The third kappa shape index (κ3) is 4.92. The number of piperidine rings is 1. The fourth-order valence-electron chi connectivity index (χ4n) is 3.18. The second-order valence-corrected chi connectivity index (χ2v) is 6.35. The lowest BCUT2D eigenvalue weighted by molar-refractivity contribution is 0.225. The Morgan fingerprint density at radius 1 is 1.05 bits per heavy atom.